The molecule has 104 valence electrons. The summed E-state index contributed by atoms with van der Waals surface area (Å²) in [6.45, 7) is 3.02. The van der Waals surface area contributed by atoms with Crippen molar-refractivity contribution in [1.29, 1.82) is 0 Å². The zero-order chi connectivity index (χ0) is 13.7. The number of benzene rings is 1. The highest BCUT2D eigenvalue weighted by Crippen LogP contribution is 2.36. The van der Waals surface area contributed by atoms with Crippen LogP contribution >= 0.6 is 11.8 Å². The van der Waals surface area contributed by atoms with Crippen LogP contribution in [0, 0.1) is 0 Å². The maximum absolute atomic E-state index is 11.8. The molecule has 1 saturated heterocycles. The quantitative estimate of drug-likeness (QED) is 0.814. The minimum Gasteiger partial charge on any atom is -0.399 e. The van der Waals surface area contributed by atoms with Gasteiger partial charge in [0.15, 0.2) is 0 Å². The number of amides is 1. The van der Waals surface area contributed by atoms with E-state index in [2.05, 4.69) is 12.2 Å². The van der Waals surface area contributed by atoms with Crippen molar-refractivity contribution in [3.05, 3.63) is 29.8 Å². The summed E-state index contributed by atoms with van der Waals surface area (Å²) < 4.78 is 0.243. The van der Waals surface area contributed by atoms with Gasteiger partial charge in [-0.3, -0.25) is 4.79 Å². The lowest BCUT2D eigenvalue weighted by atomic mass is 10.1. The van der Waals surface area contributed by atoms with Crippen LogP contribution < -0.4 is 11.1 Å². The molecule has 0 bridgehead atoms. The second-order valence-corrected chi connectivity index (χ2v) is 7.11. The number of thioether (sulfide) groups is 1. The van der Waals surface area contributed by atoms with Crippen LogP contribution in [0.25, 0.3) is 0 Å². The van der Waals surface area contributed by atoms with Crippen LogP contribution in [0.4, 0.5) is 5.69 Å². The molecule has 1 aromatic carbocycles. The summed E-state index contributed by atoms with van der Waals surface area (Å²) in [7, 11) is 0. The molecule has 1 amide bonds. The number of nitrogens with two attached hydrogens (primary N) is 1. The van der Waals surface area contributed by atoms with Crippen molar-refractivity contribution >= 4 is 23.4 Å². The number of hydrogen-bond acceptors (Lipinski definition) is 3. The van der Waals surface area contributed by atoms with Crippen molar-refractivity contribution in [2.75, 3.05) is 18.0 Å². The fourth-order valence-electron chi connectivity index (χ4n) is 2.36. The van der Waals surface area contributed by atoms with Gasteiger partial charge in [-0.05, 0) is 49.6 Å². The zero-order valence-corrected chi connectivity index (χ0v) is 12.3. The molecule has 1 aliphatic rings. The molecule has 1 aliphatic heterocycles. The van der Waals surface area contributed by atoms with Crippen LogP contribution in [-0.2, 0) is 11.2 Å². The van der Waals surface area contributed by atoms with Gasteiger partial charge in [-0.25, -0.2) is 0 Å². The third-order valence-electron chi connectivity index (χ3n) is 3.55. The Hall–Kier alpha value is -1.16. The van der Waals surface area contributed by atoms with Gasteiger partial charge in [0.1, 0.15) is 0 Å². The Labute approximate surface area is 119 Å². The molecule has 0 aromatic heterocycles. The third kappa shape index (κ3) is 4.46. The monoisotopic (exact) mass is 278 g/mol. The zero-order valence-electron chi connectivity index (χ0n) is 11.4. The second kappa shape index (κ2) is 6.33. The van der Waals surface area contributed by atoms with Crippen LogP contribution in [-0.4, -0.2) is 23.0 Å². The van der Waals surface area contributed by atoms with E-state index in [0.717, 1.165) is 24.2 Å². The molecule has 1 aromatic rings. The molecule has 1 heterocycles. The van der Waals surface area contributed by atoms with E-state index in [1.807, 2.05) is 36.0 Å². The summed E-state index contributed by atoms with van der Waals surface area (Å²) in [6.07, 6.45) is 3.75. The molecule has 2 rings (SSSR count). The third-order valence-corrected chi connectivity index (χ3v) is 5.09. The molecule has 0 radical (unpaired) electrons. The van der Waals surface area contributed by atoms with Gasteiger partial charge < -0.3 is 11.1 Å². The lowest BCUT2D eigenvalue weighted by molar-refractivity contribution is -0.121. The first-order valence-electron chi connectivity index (χ1n) is 6.82. The van der Waals surface area contributed by atoms with Crippen molar-refractivity contribution in [3.63, 3.8) is 0 Å². The fourth-order valence-corrected chi connectivity index (χ4v) is 3.60. The predicted octanol–water partition coefficient (Wildman–Crippen LogP) is 2.60. The van der Waals surface area contributed by atoms with Gasteiger partial charge in [0.2, 0.25) is 5.91 Å². The predicted molar refractivity (Wildman–Crippen MR) is 82.3 cm³/mol. The van der Waals surface area contributed by atoms with Gasteiger partial charge in [0.05, 0.1) is 0 Å². The molecule has 1 fully saturated rings. The average molecular weight is 278 g/mol. The maximum Gasteiger partial charge on any atom is 0.220 e. The van der Waals surface area contributed by atoms with E-state index >= 15 is 0 Å². The Morgan fingerprint density at radius 2 is 2.37 bits per heavy atom. The molecule has 0 aliphatic carbocycles. The van der Waals surface area contributed by atoms with Crippen LogP contribution in [0.1, 0.15) is 31.7 Å². The van der Waals surface area contributed by atoms with Crippen LogP contribution in [0.15, 0.2) is 24.3 Å². The first-order valence-corrected chi connectivity index (χ1v) is 7.81. The fraction of sp³-hybridized carbons (Fsp3) is 0.533. The number of rotatable bonds is 5. The molecular formula is C15H22N2OS. The van der Waals surface area contributed by atoms with Crippen LogP contribution in [0.3, 0.4) is 0 Å². The molecule has 3 nitrogen and oxygen atoms in total. The lowest BCUT2D eigenvalue weighted by Crippen LogP contribution is -2.36. The lowest BCUT2D eigenvalue weighted by Gasteiger charge is -2.22. The number of nitrogen functional groups attached to an aromatic ring is 1. The number of aryl methyl sites for hydroxylation is 1. The van der Waals surface area contributed by atoms with Crippen molar-refractivity contribution in [2.24, 2.45) is 0 Å². The molecule has 4 heteroatoms. The summed E-state index contributed by atoms with van der Waals surface area (Å²) in [5.41, 5.74) is 7.60. The second-order valence-electron chi connectivity index (χ2n) is 5.42. The summed E-state index contributed by atoms with van der Waals surface area (Å²) in [4.78, 5) is 11.8. The van der Waals surface area contributed by atoms with Gasteiger partial charge in [-0.1, -0.05) is 12.1 Å². The van der Waals surface area contributed by atoms with E-state index in [0.29, 0.717) is 6.42 Å². The SMILES string of the molecule is CC1(CNC(=O)CCc2cccc(N)c2)CCCS1. The Morgan fingerprint density at radius 3 is 3.05 bits per heavy atom. The van der Waals surface area contributed by atoms with Crippen molar-refractivity contribution in [3.8, 4) is 0 Å². The topological polar surface area (TPSA) is 55.1 Å². The van der Waals surface area contributed by atoms with E-state index in [4.69, 9.17) is 5.73 Å². The largest absolute Gasteiger partial charge is 0.399 e. The minimum absolute atomic E-state index is 0.135. The Morgan fingerprint density at radius 1 is 1.53 bits per heavy atom. The molecule has 19 heavy (non-hydrogen) atoms. The van der Waals surface area contributed by atoms with Crippen molar-refractivity contribution in [2.45, 2.75) is 37.4 Å². The number of nitrogens with one attached hydrogen (secondary N) is 1. The number of hydrogen-bond donors (Lipinski definition) is 2. The Balaban J connectivity index is 1.73. The smallest absolute Gasteiger partial charge is 0.220 e. The summed E-state index contributed by atoms with van der Waals surface area (Å²) >= 11 is 1.97. The molecule has 1 atom stereocenters. The van der Waals surface area contributed by atoms with Gasteiger partial charge in [0, 0.05) is 23.4 Å². The van der Waals surface area contributed by atoms with E-state index in [9.17, 15) is 4.79 Å². The van der Waals surface area contributed by atoms with Gasteiger partial charge >= 0.3 is 0 Å². The van der Waals surface area contributed by atoms with Crippen LogP contribution in [0.2, 0.25) is 0 Å². The molecule has 0 spiro atoms. The van der Waals surface area contributed by atoms with Gasteiger partial charge in [0.25, 0.3) is 0 Å². The summed E-state index contributed by atoms with van der Waals surface area (Å²) in [6, 6.07) is 7.74. The normalized spacial score (nSPS) is 22.4. The number of carbonyl (C=O) groups excluding carboxylic acids is 1. The molecule has 0 saturated carbocycles. The van der Waals surface area contributed by atoms with Crippen molar-refractivity contribution in [1.82, 2.24) is 5.32 Å². The highest BCUT2D eigenvalue weighted by molar-refractivity contribution is 8.00. The molecular weight excluding hydrogens is 256 g/mol. The summed E-state index contributed by atoms with van der Waals surface area (Å²) in [5, 5.41) is 3.06. The van der Waals surface area contributed by atoms with E-state index in [-0.39, 0.29) is 10.7 Å². The highest BCUT2D eigenvalue weighted by Gasteiger charge is 2.29. The van der Waals surface area contributed by atoms with Crippen LogP contribution in [0.5, 0.6) is 0 Å². The molecule has 1 unspecified atom stereocenters. The highest BCUT2D eigenvalue weighted by atomic mass is 32.2. The summed E-state index contributed by atoms with van der Waals surface area (Å²) in [5.74, 6) is 1.35. The van der Waals surface area contributed by atoms with E-state index in [1.165, 1.54) is 18.6 Å². The number of anilines is 1. The molecule has 3 N–H and O–H groups in total. The Bertz CT molecular complexity index is 442. The number of carbonyl (C=O) groups is 1. The standard InChI is InChI=1S/C15H22N2OS/c1-15(8-3-9-19-15)11-17-14(18)7-6-12-4-2-5-13(16)10-12/h2,4-5,10H,3,6-9,11,16H2,1H3,(H,17,18). The minimum atomic E-state index is 0.135. The first-order chi connectivity index (χ1) is 9.07. The van der Waals surface area contributed by atoms with E-state index in [1.54, 1.807) is 0 Å². The van der Waals surface area contributed by atoms with Gasteiger partial charge in [-0.2, -0.15) is 11.8 Å². The Kier molecular flexibility index (Phi) is 4.75. The first kappa shape index (κ1) is 14.3. The maximum atomic E-state index is 11.8. The average Bonchev–Trinajstić information content (AvgIpc) is 2.82. The van der Waals surface area contributed by atoms with Crippen molar-refractivity contribution < 1.29 is 4.79 Å². The van der Waals surface area contributed by atoms with E-state index < -0.39 is 0 Å². The van der Waals surface area contributed by atoms with Gasteiger partial charge in [-0.15, -0.1) is 0 Å².